The van der Waals surface area contributed by atoms with Crippen molar-refractivity contribution in [2.24, 2.45) is 0 Å². The van der Waals surface area contributed by atoms with Crippen molar-refractivity contribution in [1.29, 1.82) is 0 Å². The van der Waals surface area contributed by atoms with E-state index in [1.54, 1.807) is 16.2 Å². The lowest BCUT2D eigenvalue weighted by Gasteiger charge is -2.17. The summed E-state index contributed by atoms with van der Waals surface area (Å²) in [5.41, 5.74) is 2.80. The molecule has 5 nitrogen and oxygen atoms in total. The molecule has 6 heteroatoms. The lowest BCUT2D eigenvalue weighted by atomic mass is 10.1. The van der Waals surface area contributed by atoms with Gasteiger partial charge in [-0.25, -0.2) is 4.98 Å². The lowest BCUT2D eigenvalue weighted by molar-refractivity contribution is 0.0786. The summed E-state index contributed by atoms with van der Waals surface area (Å²) in [7, 11) is 1.83. The molecule has 22 heavy (non-hydrogen) atoms. The fourth-order valence-electron chi connectivity index (χ4n) is 2.19. The molecule has 1 N–H and O–H groups in total. The molecule has 0 aliphatic rings. The maximum absolute atomic E-state index is 12.5. The summed E-state index contributed by atoms with van der Waals surface area (Å²) in [6.45, 7) is 2.70. The van der Waals surface area contributed by atoms with Crippen LogP contribution in [-0.4, -0.2) is 33.0 Å². The third-order valence-electron chi connectivity index (χ3n) is 3.52. The SMILES string of the molecule is Cc1ccsc1CN(C)C(=O)c1ccc(-c2ncn[nH]2)cc1. The van der Waals surface area contributed by atoms with Crippen LogP contribution in [0.15, 0.2) is 42.0 Å². The first-order valence-corrected chi connectivity index (χ1v) is 7.77. The second-order valence-electron chi connectivity index (χ2n) is 5.10. The molecule has 0 bridgehead atoms. The van der Waals surface area contributed by atoms with Crippen LogP contribution < -0.4 is 0 Å². The number of amides is 1. The van der Waals surface area contributed by atoms with Gasteiger partial charge >= 0.3 is 0 Å². The van der Waals surface area contributed by atoms with Crippen LogP contribution in [0, 0.1) is 6.92 Å². The van der Waals surface area contributed by atoms with Gasteiger partial charge in [0.1, 0.15) is 6.33 Å². The molecule has 112 valence electrons. The van der Waals surface area contributed by atoms with Gasteiger partial charge in [0.25, 0.3) is 5.91 Å². The van der Waals surface area contributed by atoms with Gasteiger partial charge in [0.15, 0.2) is 5.82 Å². The predicted molar refractivity (Wildman–Crippen MR) is 86.7 cm³/mol. The van der Waals surface area contributed by atoms with Gasteiger partial charge in [-0.05, 0) is 36.1 Å². The molecule has 2 heterocycles. The molecule has 3 rings (SSSR count). The van der Waals surface area contributed by atoms with Crippen LogP contribution in [0.25, 0.3) is 11.4 Å². The van der Waals surface area contributed by atoms with Gasteiger partial charge in [-0.2, -0.15) is 5.10 Å². The number of H-pyrrole nitrogens is 1. The molecule has 0 aliphatic heterocycles. The number of aromatic nitrogens is 3. The molecule has 1 aromatic carbocycles. The summed E-state index contributed by atoms with van der Waals surface area (Å²) in [6, 6.07) is 9.45. The maximum Gasteiger partial charge on any atom is 0.253 e. The molecule has 0 spiro atoms. The van der Waals surface area contributed by atoms with E-state index >= 15 is 0 Å². The Morgan fingerprint density at radius 3 is 2.64 bits per heavy atom. The Morgan fingerprint density at radius 2 is 2.05 bits per heavy atom. The summed E-state index contributed by atoms with van der Waals surface area (Å²) >= 11 is 1.68. The maximum atomic E-state index is 12.5. The molecule has 0 saturated heterocycles. The van der Waals surface area contributed by atoms with Crippen LogP contribution in [0.5, 0.6) is 0 Å². The number of carbonyl (C=O) groups excluding carboxylic acids is 1. The van der Waals surface area contributed by atoms with Gasteiger partial charge in [-0.15, -0.1) is 11.3 Å². The number of nitrogens with one attached hydrogen (secondary N) is 1. The van der Waals surface area contributed by atoms with Crippen LogP contribution >= 0.6 is 11.3 Å². The molecule has 0 atom stereocenters. The molecule has 1 amide bonds. The van der Waals surface area contributed by atoms with Gasteiger partial charge < -0.3 is 4.90 Å². The van der Waals surface area contributed by atoms with Crippen LogP contribution in [0.2, 0.25) is 0 Å². The Hall–Kier alpha value is -2.47. The monoisotopic (exact) mass is 312 g/mol. The molecule has 3 aromatic rings. The van der Waals surface area contributed by atoms with E-state index in [1.165, 1.54) is 16.8 Å². The molecule has 0 aliphatic carbocycles. The van der Waals surface area contributed by atoms with Crippen molar-refractivity contribution in [3.05, 3.63) is 58.0 Å². The summed E-state index contributed by atoms with van der Waals surface area (Å²) in [4.78, 5) is 19.5. The number of benzene rings is 1. The number of rotatable bonds is 4. The largest absolute Gasteiger partial charge is 0.337 e. The predicted octanol–water partition coefficient (Wildman–Crippen LogP) is 3.11. The fraction of sp³-hybridized carbons (Fsp3) is 0.188. The van der Waals surface area contributed by atoms with E-state index in [0.717, 1.165) is 5.56 Å². The molecule has 0 radical (unpaired) electrons. The number of aryl methyl sites for hydroxylation is 1. The van der Waals surface area contributed by atoms with Gasteiger partial charge in [-0.3, -0.25) is 9.89 Å². The minimum Gasteiger partial charge on any atom is -0.337 e. The van der Waals surface area contributed by atoms with Crippen LogP contribution in [-0.2, 0) is 6.54 Å². The average Bonchev–Trinajstić information content (AvgIpc) is 3.19. The molecule has 0 fully saturated rings. The van der Waals surface area contributed by atoms with E-state index in [1.807, 2.05) is 31.3 Å². The Balaban J connectivity index is 1.73. The van der Waals surface area contributed by atoms with Gasteiger partial charge in [0, 0.05) is 23.1 Å². The first kappa shape index (κ1) is 14.5. The van der Waals surface area contributed by atoms with E-state index in [-0.39, 0.29) is 5.91 Å². The standard InChI is InChI=1S/C16H16N4OS/c1-11-7-8-22-14(11)9-20(2)16(21)13-5-3-12(4-6-13)15-17-10-18-19-15/h3-8,10H,9H2,1-2H3,(H,17,18,19). The Morgan fingerprint density at radius 1 is 1.27 bits per heavy atom. The first-order valence-electron chi connectivity index (χ1n) is 6.89. The zero-order chi connectivity index (χ0) is 15.5. The minimum absolute atomic E-state index is 0.0110. The summed E-state index contributed by atoms with van der Waals surface area (Å²) < 4.78 is 0. The average molecular weight is 312 g/mol. The third kappa shape index (κ3) is 2.92. The van der Waals surface area contributed by atoms with Crippen molar-refractivity contribution in [2.75, 3.05) is 7.05 Å². The second kappa shape index (κ2) is 6.11. The lowest BCUT2D eigenvalue weighted by Crippen LogP contribution is -2.26. The molecular formula is C16H16N4OS. The van der Waals surface area contributed by atoms with Crippen molar-refractivity contribution >= 4 is 17.2 Å². The zero-order valence-corrected chi connectivity index (χ0v) is 13.2. The Labute approximate surface area is 132 Å². The zero-order valence-electron chi connectivity index (χ0n) is 12.4. The van der Waals surface area contributed by atoms with E-state index in [2.05, 4.69) is 33.6 Å². The number of carbonyl (C=O) groups is 1. The van der Waals surface area contributed by atoms with Crippen LogP contribution in [0.4, 0.5) is 0 Å². The second-order valence-corrected chi connectivity index (χ2v) is 6.10. The summed E-state index contributed by atoms with van der Waals surface area (Å²) in [5, 5.41) is 8.68. The smallest absolute Gasteiger partial charge is 0.253 e. The molecular weight excluding hydrogens is 296 g/mol. The quantitative estimate of drug-likeness (QED) is 0.805. The number of thiophene rings is 1. The molecule has 0 saturated carbocycles. The topological polar surface area (TPSA) is 61.9 Å². The van der Waals surface area contributed by atoms with Gasteiger partial charge in [0.2, 0.25) is 0 Å². The van der Waals surface area contributed by atoms with Crippen molar-refractivity contribution in [3.63, 3.8) is 0 Å². The fourth-order valence-corrected chi connectivity index (χ4v) is 3.15. The van der Waals surface area contributed by atoms with Gasteiger partial charge in [0.05, 0.1) is 6.54 Å². The molecule has 2 aromatic heterocycles. The highest BCUT2D eigenvalue weighted by molar-refractivity contribution is 7.10. The highest BCUT2D eigenvalue weighted by atomic mass is 32.1. The highest BCUT2D eigenvalue weighted by Crippen LogP contribution is 2.19. The number of hydrogen-bond acceptors (Lipinski definition) is 4. The highest BCUT2D eigenvalue weighted by Gasteiger charge is 2.14. The van der Waals surface area contributed by atoms with Crippen LogP contribution in [0.3, 0.4) is 0 Å². The van der Waals surface area contributed by atoms with E-state index in [9.17, 15) is 4.79 Å². The normalized spacial score (nSPS) is 10.6. The van der Waals surface area contributed by atoms with Crippen LogP contribution in [0.1, 0.15) is 20.8 Å². The van der Waals surface area contributed by atoms with Gasteiger partial charge in [-0.1, -0.05) is 12.1 Å². The summed E-state index contributed by atoms with van der Waals surface area (Å²) in [5.74, 6) is 0.707. The van der Waals surface area contributed by atoms with Crippen molar-refractivity contribution in [3.8, 4) is 11.4 Å². The first-order chi connectivity index (χ1) is 10.6. The Bertz CT molecular complexity index is 762. The van der Waals surface area contributed by atoms with E-state index < -0.39 is 0 Å². The van der Waals surface area contributed by atoms with Crippen molar-refractivity contribution < 1.29 is 4.79 Å². The third-order valence-corrected chi connectivity index (χ3v) is 4.52. The van der Waals surface area contributed by atoms with E-state index in [4.69, 9.17) is 0 Å². The minimum atomic E-state index is 0.0110. The van der Waals surface area contributed by atoms with E-state index in [0.29, 0.717) is 17.9 Å². The summed E-state index contributed by atoms with van der Waals surface area (Å²) in [6.07, 6.45) is 1.46. The Kier molecular flexibility index (Phi) is 4.02. The number of nitrogens with zero attached hydrogens (tertiary/aromatic N) is 3. The van der Waals surface area contributed by atoms with Crippen molar-refractivity contribution in [1.82, 2.24) is 20.1 Å². The molecule has 0 unspecified atom stereocenters. The number of aromatic amines is 1. The van der Waals surface area contributed by atoms with Crippen molar-refractivity contribution in [2.45, 2.75) is 13.5 Å². The number of hydrogen-bond donors (Lipinski definition) is 1.